The van der Waals surface area contributed by atoms with Gasteiger partial charge < -0.3 is 5.32 Å². The number of benzene rings is 1. The minimum atomic E-state index is -3.73. The summed E-state index contributed by atoms with van der Waals surface area (Å²) in [4.78, 5) is 12.7. The molecule has 0 saturated heterocycles. The van der Waals surface area contributed by atoms with Gasteiger partial charge in [0.05, 0.1) is 17.1 Å². The van der Waals surface area contributed by atoms with E-state index in [2.05, 4.69) is 10.4 Å². The van der Waals surface area contributed by atoms with E-state index in [1.165, 1.54) is 16.4 Å². The van der Waals surface area contributed by atoms with Crippen molar-refractivity contribution in [3.63, 3.8) is 0 Å². The third kappa shape index (κ3) is 5.17. The summed E-state index contributed by atoms with van der Waals surface area (Å²) in [5, 5.41) is 7.19. The number of nitrogens with zero attached hydrogens (tertiary/aromatic N) is 3. The van der Waals surface area contributed by atoms with Gasteiger partial charge in [0.1, 0.15) is 5.82 Å². The van der Waals surface area contributed by atoms with Crippen LogP contribution < -0.4 is 5.32 Å². The molecule has 1 aromatic carbocycles. The van der Waals surface area contributed by atoms with Gasteiger partial charge in [-0.2, -0.15) is 9.40 Å². The number of hydrogen-bond donors (Lipinski definition) is 1. The Labute approximate surface area is 161 Å². The van der Waals surface area contributed by atoms with Crippen molar-refractivity contribution >= 4 is 21.7 Å². The van der Waals surface area contributed by atoms with E-state index in [9.17, 15) is 13.2 Å². The van der Waals surface area contributed by atoms with Crippen LogP contribution in [0.5, 0.6) is 0 Å². The summed E-state index contributed by atoms with van der Waals surface area (Å²) in [5.41, 5.74) is 0.702. The van der Waals surface area contributed by atoms with Crippen LogP contribution in [0, 0.1) is 0 Å². The fraction of sp³-hybridized carbons (Fsp3) is 0.474. The van der Waals surface area contributed by atoms with E-state index in [0.717, 1.165) is 5.69 Å². The normalized spacial score (nSPS) is 12.4. The van der Waals surface area contributed by atoms with E-state index in [1.807, 2.05) is 33.8 Å². The Morgan fingerprint density at radius 2 is 1.85 bits per heavy atom. The fourth-order valence-corrected chi connectivity index (χ4v) is 4.08. The first-order chi connectivity index (χ1) is 12.6. The van der Waals surface area contributed by atoms with Crippen molar-refractivity contribution in [2.24, 2.45) is 7.05 Å². The third-order valence-corrected chi connectivity index (χ3v) is 5.95. The zero-order chi connectivity index (χ0) is 20.2. The van der Waals surface area contributed by atoms with Gasteiger partial charge in [-0.05, 0) is 18.6 Å². The lowest BCUT2D eigenvalue weighted by Crippen LogP contribution is -2.38. The van der Waals surface area contributed by atoms with Crippen molar-refractivity contribution in [2.75, 3.05) is 18.4 Å². The number of amides is 1. The summed E-state index contributed by atoms with van der Waals surface area (Å²) in [5.74, 6) is 0.143. The number of hydrogen-bond acceptors (Lipinski definition) is 4. The summed E-state index contributed by atoms with van der Waals surface area (Å²) >= 11 is 0. The minimum Gasteiger partial charge on any atom is -0.310 e. The Hall–Kier alpha value is -2.19. The molecule has 0 atom stereocenters. The average Bonchev–Trinajstić information content (AvgIpc) is 2.96. The number of carbonyl (C=O) groups is 1. The standard InChI is InChI=1S/C19H28N4O3S/c1-6-12-23(27(25,26)15-10-8-7-9-11-15)14-18(24)20-17-13-16(19(2,3)4)21-22(17)5/h7-11,13H,6,12,14H2,1-5H3,(H,20,24). The van der Waals surface area contributed by atoms with Crippen LogP contribution in [0.2, 0.25) is 0 Å². The molecular formula is C19H28N4O3S. The number of nitrogens with one attached hydrogen (secondary N) is 1. The lowest BCUT2D eigenvalue weighted by Gasteiger charge is -2.21. The zero-order valence-electron chi connectivity index (χ0n) is 16.6. The maximum atomic E-state index is 12.8. The van der Waals surface area contributed by atoms with E-state index in [0.29, 0.717) is 12.2 Å². The molecule has 2 rings (SSSR count). The summed E-state index contributed by atoms with van der Waals surface area (Å²) in [6.07, 6.45) is 0.610. The zero-order valence-corrected chi connectivity index (χ0v) is 17.4. The van der Waals surface area contributed by atoms with E-state index in [-0.39, 0.29) is 23.4 Å². The van der Waals surface area contributed by atoms with Crippen LogP contribution in [0.25, 0.3) is 0 Å². The predicted molar refractivity (Wildman–Crippen MR) is 106 cm³/mol. The topological polar surface area (TPSA) is 84.3 Å². The maximum Gasteiger partial charge on any atom is 0.243 e. The third-order valence-electron chi connectivity index (χ3n) is 4.09. The Bertz CT molecular complexity index is 883. The molecular weight excluding hydrogens is 364 g/mol. The van der Waals surface area contributed by atoms with Crippen molar-refractivity contribution in [3.8, 4) is 0 Å². The first-order valence-electron chi connectivity index (χ1n) is 8.95. The molecule has 0 saturated carbocycles. The predicted octanol–water partition coefficient (Wildman–Crippen LogP) is 2.76. The molecule has 2 aromatic rings. The summed E-state index contributed by atoms with van der Waals surface area (Å²) in [6.45, 7) is 8.01. The molecule has 1 heterocycles. The van der Waals surface area contributed by atoms with Crippen LogP contribution >= 0.6 is 0 Å². The van der Waals surface area contributed by atoms with Crippen LogP contribution in [0.3, 0.4) is 0 Å². The molecule has 0 fully saturated rings. The van der Waals surface area contributed by atoms with Gasteiger partial charge in [0.15, 0.2) is 0 Å². The molecule has 1 aromatic heterocycles. The molecule has 0 aliphatic heterocycles. The molecule has 27 heavy (non-hydrogen) atoms. The van der Waals surface area contributed by atoms with Crippen molar-refractivity contribution in [1.82, 2.24) is 14.1 Å². The van der Waals surface area contributed by atoms with E-state index in [1.54, 1.807) is 29.9 Å². The van der Waals surface area contributed by atoms with Gasteiger partial charge in [-0.3, -0.25) is 9.48 Å². The van der Waals surface area contributed by atoms with Gasteiger partial charge in [0.2, 0.25) is 15.9 Å². The van der Waals surface area contributed by atoms with Crippen LogP contribution in [0.1, 0.15) is 39.8 Å². The molecule has 0 radical (unpaired) electrons. The second-order valence-corrected chi connectivity index (χ2v) is 9.43. The largest absolute Gasteiger partial charge is 0.310 e. The average molecular weight is 393 g/mol. The molecule has 148 valence electrons. The van der Waals surface area contributed by atoms with Crippen LogP contribution in [0.15, 0.2) is 41.3 Å². The Morgan fingerprint density at radius 1 is 1.22 bits per heavy atom. The minimum absolute atomic E-state index is 0.147. The smallest absolute Gasteiger partial charge is 0.243 e. The summed E-state index contributed by atoms with van der Waals surface area (Å²) in [6, 6.07) is 9.97. The van der Waals surface area contributed by atoms with Gasteiger partial charge in [0, 0.05) is 25.1 Å². The first-order valence-corrected chi connectivity index (χ1v) is 10.4. The van der Waals surface area contributed by atoms with Crippen molar-refractivity contribution < 1.29 is 13.2 Å². The summed E-state index contributed by atoms with van der Waals surface area (Å²) < 4.78 is 28.5. The quantitative estimate of drug-likeness (QED) is 0.785. The number of aromatic nitrogens is 2. The molecule has 1 amide bonds. The molecule has 1 N–H and O–H groups in total. The second kappa shape index (κ2) is 8.22. The van der Waals surface area contributed by atoms with Crippen LogP contribution in [-0.4, -0.2) is 41.5 Å². The Balaban J connectivity index is 2.18. The highest BCUT2D eigenvalue weighted by Crippen LogP contribution is 2.23. The first kappa shape index (κ1) is 21.1. The molecule has 0 aliphatic carbocycles. The van der Waals surface area contributed by atoms with Crippen LogP contribution in [0.4, 0.5) is 5.82 Å². The number of sulfonamides is 1. The lowest BCUT2D eigenvalue weighted by molar-refractivity contribution is -0.116. The van der Waals surface area contributed by atoms with E-state index in [4.69, 9.17) is 0 Å². The molecule has 7 nitrogen and oxygen atoms in total. The van der Waals surface area contributed by atoms with E-state index >= 15 is 0 Å². The van der Waals surface area contributed by atoms with Gasteiger partial charge in [-0.1, -0.05) is 45.9 Å². The van der Waals surface area contributed by atoms with Gasteiger partial charge in [-0.25, -0.2) is 8.42 Å². The number of rotatable bonds is 7. The highest BCUT2D eigenvalue weighted by atomic mass is 32.2. The molecule has 8 heteroatoms. The Kier molecular flexibility index (Phi) is 6.43. The number of aryl methyl sites for hydroxylation is 1. The van der Waals surface area contributed by atoms with Gasteiger partial charge in [-0.15, -0.1) is 0 Å². The number of carbonyl (C=O) groups excluding carboxylic acids is 1. The monoisotopic (exact) mass is 392 g/mol. The van der Waals surface area contributed by atoms with Crippen molar-refractivity contribution in [2.45, 2.75) is 44.4 Å². The molecule has 0 spiro atoms. The van der Waals surface area contributed by atoms with Crippen LogP contribution in [-0.2, 0) is 27.3 Å². The van der Waals surface area contributed by atoms with Crippen molar-refractivity contribution in [1.29, 1.82) is 0 Å². The molecule has 0 unspecified atom stereocenters. The van der Waals surface area contributed by atoms with Gasteiger partial charge >= 0.3 is 0 Å². The number of anilines is 1. The summed E-state index contributed by atoms with van der Waals surface area (Å²) in [7, 11) is -1.98. The van der Waals surface area contributed by atoms with Gasteiger partial charge in [0.25, 0.3) is 0 Å². The fourth-order valence-electron chi connectivity index (χ4n) is 2.57. The Morgan fingerprint density at radius 3 is 2.37 bits per heavy atom. The van der Waals surface area contributed by atoms with E-state index < -0.39 is 15.9 Å². The maximum absolute atomic E-state index is 12.8. The molecule has 0 bridgehead atoms. The van der Waals surface area contributed by atoms with Crippen molar-refractivity contribution in [3.05, 3.63) is 42.1 Å². The SMILES string of the molecule is CCCN(CC(=O)Nc1cc(C(C)(C)C)nn1C)S(=O)(=O)c1ccccc1. The molecule has 0 aliphatic rings. The second-order valence-electron chi connectivity index (χ2n) is 7.49. The highest BCUT2D eigenvalue weighted by Gasteiger charge is 2.26. The highest BCUT2D eigenvalue weighted by molar-refractivity contribution is 7.89. The lowest BCUT2D eigenvalue weighted by atomic mass is 9.92.